The fourth-order valence-electron chi connectivity index (χ4n) is 4.08. The molecule has 1 aliphatic heterocycles. The minimum absolute atomic E-state index is 0.279. The lowest BCUT2D eigenvalue weighted by Crippen LogP contribution is -2.46. The number of benzene rings is 2. The van der Waals surface area contributed by atoms with Crippen LogP contribution in [-0.4, -0.2) is 56.0 Å². The minimum atomic E-state index is -0.665. The molecule has 178 valence electrons. The van der Waals surface area contributed by atoms with Gasteiger partial charge in [0.25, 0.3) is 5.91 Å². The van der Waals surface area contributed by atoms with Gasteiger partial charge in [-0.3, -0.25) is 9.36 Å². The van der Waals surface area contributed by atoms with Gasteiger partial charge < -0.3 is 24.5 Å². The average molecular weight is 465 g/mol. The van der Waals surface area contributed by atoms with Crippen LogP contribution in [0.1, 0.15) is 12.0 Å². The van der Waals surface area contributed by atoms with Crippen LogP contribution in [0.3, 0.4) is 0 Å². The molecule has 0 bridgehead atoms. The Kier molecular flexibility index (Phi) is 7.75. The Labute approximate surface area is 197 Å². The number of hydrogen-bond acceptors (Lipinski definition) is 7. The van der Waals surface area contributed by atoms with Crippen LogP contribution in [0.15, 0.2) is 51.7 Å². The van der Waals surface area contributed by atoms with E-state index < -0.39 is 17.9 Å². The van der Waals surface area contributed by atoms with Gasteiger partial charge in [-0.25, -0.2) is 4.79 Å². The van der Waals surface area contributed by atoms with Gasteiger partial charge in [0.15, 0.2) is 5.58 Å². The lowest BCUT2D eigenvalue weighted by Gasteiger charge is -2.18. The zero-order chi connectivity index (χ0) is 23.9. The van der Waals surface area contributed by atoms with Crippen molar-refractivity contribution >= 4 is 17.0 Å². The van der Waals surface area contributed by atoms with Crippen LogP contribution in [0.2, 0.25) is 0 Å². The zero-order valence-corrected chi connectivity index (χ0v) is 19.1. The highest BCUT2D eigenvalue weighted by Crippen LogP contribution is 2.28. The summed E-state index contributed by atoms with van der Waals surface area (Å²) in [7, 11) is 1.59. The number of nitriles is 1. The van der Waals surface area contributed by atoms with Crippen LogP contribution in [0, 0.1) is 11.3 Å². The number of nitrogens with one attached hydrogen (secondary N) is 2. The van der Waals surface area contributed by atoms with Crippen LogP contribution >= 0.6 is 0 Å². The van der Waals surface area contributed by atoms with Crippen LogP contribution in [-0.2, 0) is 27.2 Å². The molecule has 0 saturated carbocycles. The van der Waals surface area contributed by atoms with E-state index in [1.807, 2.05) is 36.4 Å². The summed E-state index contributed by atoms with van der Waals surface area (Å²) in [6, 6.07) is 14.8. The van der Waals surface area contributed by atoms with Crippen molar-refractivity contribution in [1.82, 2.24) is 15.2 Å². The molecular formula is C25H28N4O5. The Morgan fingerprint density at radius 3 is 2.91 bits per heavy atom. The molecule has 2 N–H and O–H groups in total. The molecule has 2 heterocycles. The smallest absolute Gasteiger partial charge is 0.408 e. The summed E-state index contributed by atoms with van der Waals surface area (Å²) in [5, 5.41) is 15.5. The Hall–Kier alpha value is -3.45. The normalized spacial score (nSPS) is 17.1. The summed E-state index contributed by atoms with van der Waals surface area (Å²) in [5.41, 5.74) is 3.93. The third-order valence-electron chi connectivity index (χ3n) is 5.82. The molecule has 0 radical (unpaired) electrons. The number of hydrogen-bond donors (Lipinski definition) is 2. The van der Waals surface area contributed by atoms with Gasteiger partial charge in [0, 0.05) is 32.2 Å². The van der Waals surface area contributed by atoms with Gasteiger partial charge in [0.1, 0.15) is 12.1 Å². The van der Waals surface area contributed by atoms with E-state index in [9.17, 15) is 14.9 Å². The number of carbonyl (C=O) groups is 1. The van der Waals surface area contributed by atoms with E-state index in [4.69, 9.17) is 13.9 Å². The van der Waals surface area contributed by atoms with Gasteiger partial charge in [0.05, 0.1) is 24.7 Å². The Balaban J connectivity index is 1.50. The molecule has 1 unspecified atom stereocenters. The fourth-order valence-corrected chi connectivity index (χ4v) is 4.08. The molecule has 1 fully saturated rings. The van der Waals surface area contributed by atoms with Crippen molar-refractivity contribution in [2.75, 3.05) is 33.4 Å². The summed E-state index contributed by atoms with van der Waals surface area (Å²) in [6.07, 6.45) is 0.635. The largest absolute Gasteiger partial charge is 0.420 e. The Morgan fingerprint density at radius 2 is 2.15 bits per heavy atom. The fraction of sp³-hybridized carbons (Fsp3) is 0.400. The molecule has 2 atom stereocenters. The van der Waals surface area contributed by atoms with Crippen molar-refractivity contribution in [3.05, 3.63) is 58.6 Å². The summed E-state index contributed by atoms with van der Waals surface area (Å²) in [4.78, 5) is 24.8. The third-order valence-corrected chi connectivity index (χ3v) is 5.82. The predicted molar refractivity (Wildman–Crippen MR) is 126 cm³/mol. The topological polar surface area (TPSA) is 119 Å². The molecular weight excluding hydrogens is 436 g/mol. The Morgan fingerprint density at radius 1 is 1.32 bits per heavy atom. The number of carbonyl (C=O) groups excluding carboxylic acids is 1. The SMILES string of the molecule is COCCn1c(=O)oc2cccc(-c3ccc(C[C@@H](C#N)NC(=O)C4CNCCCO4)cc3)c21. The Bertz CT molecular complexity index is 1220. The number of rotatable bonds is 8. The highest BCUT2D eigenvalue weighted by atomic mass is 16.5. The lowest BCUT2D eigenvalue weighted by atomic mass is 10.00. The predicted octanol–water partition coefficient (Wildman–Crippen LogP) is 1.84. The van der Waals surface area contributed by atoms with Crippen LogP contribution < -0.4 is 16.4 Å². The lowest BCUT2D eigenvalue weighted by molar-refractivity contribution is -0.132. The van der Waals surface area contributed by atoms with Gasteiger partial charge in [-0.1, -0.05) is 36.4 Å². The number of amides is 1. The number of methoxy groups -OCH3 is 1. The van der Waals surface area contributed by atoms with E-state index in [1.165, 1.54) is 0 Å². The van der Waals surface area contributed by atoms with E-state index in [0.29, 0.717) is 38.3 Å². The van der Waals surface area contributed by atoms with Crippen LogP contribution in [0.5, 0.6) is 0 Å². The molecule has 1 amide bonds. The van der Waals surface area contributed by atoms with E-state index in [-0.39, 0.29) is 5.91 Å². The molecule has 0 spiro atoms. The molecule has 34 heavy (non-hydrogen) atoms. The first-order chi connectivity index (χ1) is 16.6. The highest BCUT2D eigenvalue weighted by Gasteiger charge is 2.23. The number of para-hydroxylation sites is 1. The molecule has 1 saturated heterocycles. The monoisotopic (exact) mass is 464 g/mol. The van der Waals surface area contributed by atoms with E-state index in [0.717, 1.165) is 35.2 Å². The summed E-state index contributed by atoms with van der Waals surface area (Å²) >= 11 is 0. The van der Waals surface area contributed by atoms with Crippen molar-refractivity contribution in [2.24, 2.45) is 0 Å². The molecule has 2 aromatic carbocycles. The molecule has 1 aliphatic rings. The molecule has 0 aliphatic carbocycles. The van der Waals surface area contributed by atoms with Gasteiger partial charge in [-0.2, -0.15) is 5.26 Å². The molecule has 9 heteroatoms. The van der Waals surface area contributed by atoms with Gasteiger partial charge >= 0.3 is 5.76 Å². The molecule has 9 nitrogen and oxygen atoms in total. The summed E-state index contributed by atoms with van der Waals surface area (Å²) in [5.74, 6) is -0.699. The highest BCUT2D eigenvalue weighted by molar-refractivity contribution is 5.91. The number of oxazole rings is 1. The van der Waals surface area contributed by atoms with Crippen molar-refractivity contribution < 1.29 is 18.7 Å². The van der Waals surface area contributed by atoms with Gasteiger partial charge in [-0.15, -0.1) is 0 Å². The van der Waals surface area contributed by atoms with E-state index >= 15 is 0 Å². The first kappa shape index (κ1) is 23.7. The van der Waals surface area contributed by atoms with Crippen LogP contribution in [0.25, 0.3) is 22.2 Å². The maximum absolute atomic E-state index is 12.5. The van der Waals surface area contributed by atoms with Gasteiger partial charge in [0.2, 0.25) is 0 Å². The van der Waals surface area contributed by atoms with Crippen molar-refractivity contribution in [2.45, 2.75) is 31.5 Å². The maximum Gasteiger partial charge on any atom is 0.420 e. The van der Waals surface area contributed by atoms with Crippen molar-refractivity contribution in [3.8, 4) is 17.2 Å². The van der Waals surface area contributed by atoms with E-state index in [2.05, 4.69) is 16.7 Å². The van der Waals surface area contributed by atoms with Crippen molar-refractivity contribution in [3.63, 3.8) is 0 Å². The number of aromatic nitrogens is 1. The standard InChI is InChI=1S/C25H28N4O5/c1-32-13-11-29-23-20(4-2-5-21(23)34-25(29)31)18-8-6-17(7-9-18)14-19(15-26)28-24(30)22-16-27-10-3-12-33-22/h2,4-9,19,22,27H,3,10-14,16H2,1H3,(H,28,30)/t19-,22?/m0/s1. The number of nitrogens with zero attached hydrogens (tertiary/aromatic N) is 2. The second-order valence-electron chi connectivity index (χ2n) is 8.17. The second kappa shape index (κ2) is 11.1. The maximum atomic E-state index is 12.5. The molecule has 3 aromatic rings. The quantitative estimate of drug-likeness (QED) is 0.522. The van der Waals surface area contributed by atoms with Crippen LogP contribution in [0.4, 0.5) is 0 Å². The first-order valence-electron chi connectivity index (χ1n) is 11.3. The zero-order valence-electron chi connectivity index (χ0n) is 19.1. The minimum Gasteiger partial charge on any atom is -0.408 e. The van der Waals surface area contributed by atoms with E-state index in [1.54, 1.807) is 17.7 Å². The number of ether oxygens (including phenoxy) is 2. The third kappa shape index (κ3) is 5.37. The number of fused-ring (bicyclic) bond motifs is 1. The first-order valence-corrected chi connectivity index (χ1v) is 11.3. The summed E-state index contributed by atoms with van der Waals surface area (Å²) < 4.78 is 17.7. The molecule has 4 rings (SSSR count). The summed E-state index contributed by atoms with van der Waals surface area (Å²) in [6.45, 7) is 2.55. The second-order valence-corrected chi connectivity index (χ2v) is 8.17. The van der Waals surface area contributed by atoms with Gasteiger partial charge in [-0.05, 0) is 30.2 Å². The molecule has 1 aromatic heterocycles. The average Bonchev–Trinajstić information content (AvgIpc) is 3.01. The van der Waals surface area contributed by atoms with Crippen molar-refractivity contribution in [1.29, 1.82) is 5.26 Å².